The Labute approximate surface area is 196 Å². The summed E-state index contributed by atoms with van der Waals surface area (Å²) in [4.78, 5) is 24.2. The zero-order valence-corrected chi connectivity index (χ0v) is 20.0. The minimum absolute atomic E-state index is 0.104. The largest absolute Gasteiger partial charge is 0.449 e. The van der Waals surface area contributed by atoms with Crippen LogP contribution in [0.3, 0.4) is 0 Å². The van der Waals surface area contributed by atoms with Crippen LogP contribution in [-0.2, 0) is 25.8 Å². The van der Waals surface area contributed by atoms with Crippen molar-refractivity contribution in [3.63, 3.8) is 0 Å². The highest BCUT2D eigenvalue weighted by atomic mass is 35.6. The van der Waals surface area contributed by atoms with Gasteiger partial charge in [-0.25, -0.2) is 4.18 Å². The number of halogens is 3. The maximum absolute atomic E-state index is 12.5. The topological polar surface area (TPSA) is 86.7 Å². The van der Waals surface area contributed by atoms with Crippen LogP contribution in [0.25, 0.3) is 0 Å². The predicted octanol–water partition coefficient (Wildman–Crippen LogP) is 4.93. The van der Waals surface area contributed by atoms with Gasteiger partial charge in [0.15, 0.2) is 12.0 Å². The van der Waals surface area contributed by atoms with Gasteiger partial charge in [0.1, 0.15) is 12.4 Å². The summed E-state index contributed by atoms with van der Waals surface area (Å²) >= 11 is 16.6. The summed E-state index contributed by atoms with van der Waals surface area (Å²) in [5.74, 6) is 1.27. The van der Waals surface area contributed by atoms with Crippen molar-refractivity contribution in [3.05, 3.63) is 28.8 Å². The first-order chi connectivity index (χ1) is 14.4. The van der Waals surface area contributed by atoms with E-state index in [0.29, 0.717) is 30.3 Å². The fraction of sp³-hybridized carbons (Fsp3) is 0.619. The molecule has 6 nitrogen and oxygen atoms in total. The monoisotopic (exact) mass is 508 g/mol. The van der Waals surface area contributed by atoms with Crippen LogP contribution in [0.1, 0.15) is 66.4 Å². The Morgan fingerprint density at radius 3 is 2.61 bits per heavy atom. The number of carbonyl (C=O) groups is 2. The van der Waals surface area contributed by atoms with Crippen LogP contribution < -0.4 is 4.18 Å². The fourth-order valence-corrected chi connectivity index (χ4v) is 6.92. The number of aldehydes is 1. The highest BCUT2D eigenvalue weighted by Crippen LogP contribution is 2.59. The Kier molecular flexibility index (Phi) is 6.14. The summed E-state index contributed by atoms with van der Waals surface area (Å²) in [7, 11) is -4.53. The maximum atomic E-state index is 12.5. The van der Waals surface area contributed by atoms with Crippen LogP contribution in [0.4, 0.5) is 0 Å². The lowest BCUT2D eigenvalue weighted by Gasteiger charge is -2.48. The molecule has 2 saturated carbocycles. The molecule has 0 bridgehead atoms. The van der Waals surface area contributed by atoms with Gasteiger partial charge in [0, 0.05) is 11.8 Å². The Bertz CT molecular complexity index is 1020. The number of rotatable bonds is 5. The van der Waals surface area contributed by atoms with E-state index < -0.39 is 20.8 Å². The SMILES string of the molecule is C[C@]12CC[C@@H]3c4cc(C=O)c(OS(=O)(=O)OCC(Cl)(Cl)Cl)cc4CC[C@H]3[C@@H]1CCC2=O. The van der Waals surface area contributed by atoms with Crippen molar-refractivity contribution in [2.45, 2.75) is 55.2 Å². The average molecular weight is 510 g/mol. The number of carbonyl (C=O) groups excluding carboxylic acids is 2. The number of Topliss-reactive ketones (excluding diaryl/α,β-unsaturated/α-hetero) is 1. The first-order valence-corrected chi connectivity index (χ1v) is 12.7. The van der Waals surface area contributed by atoms with E-state index in [2.05, 4.69) is 11.1 Å². The van der Waals surface area contributed by atoms with Crippen molar-refractivity contribution in [3.8, 4) is 5.75 Å². The molecule has 1 aromatic rings. The summed E-state index contributed by atoms with van der Waals surface area (Å²) in [6.07, 6.45) is 5.49. The van der Waals surface area contributed by atoms with Gasteiger partial charge in [-0.15, -0.1) is 0 Å². The minimum Gasteiger partial charge on any atom is -0.361 e. The van der Waals surface area contributed by atoms with Crippen molar-refractivity contribution >= 4 is 57.3 Å². The third kappa shape index (κ3) is 4.49. The summed E-state index contributed by atoms with van der Waals surface area (Å²) in [6.45, 7) is 1.39. The highest BCUT2D eigenvalue weighted by molar-refractivity contribution is 7.82. The number of hydrogen-bond acceptors (Lipinski definition) is 6. The van der Waals surface area contributed by atoms with Crippen LogP contribution >= 0.6 is 34.8 Å². The van der Waals surface area contributed by atoms with Crippen molar-refractivity contribution in [2.24, 2.45) is 17.3 Å². The van der Waals surface area contributed by atoms with Gasteiger partial charge in [0.2, 0.25) is 3.79 Å². The molecule has 0 unspecified atom stereocenters. The van der Waals surface area contributed by atoms with Crippen LogP contribution in [-0.4, -0.2) is 30.9 Å². The molecule has 0 heterocycles. The minimum atomic E-state index is -4.53. The number of alkyl halides is 3. The van der Waals surface area contributed by atoms with Gasteiger partial charge < -0.3 is 4.18 Å². The number of aryl methyl sites for hydroxylation is 1. The molecule has 4 atom stereocenters. The molecule has 0 aromatic heterocycles. The second-order valence-electron chi connectivity index (χ2n) is 8.91. The van der Waals surface area contributed by atoms with E-state index in [9.17, 15) is 18.0 Å². The van der Waals surface area contributed by atoms with E-state index >= 15 is 0 Å². The average Bonchev–Trinajstić information content (AvgIpc) is 3.00. The van der Waals surface area contributed by atoms with Gasteiger partial charge in [-0.1, -0.05) is 41.7 Å². The number of ketones is 1. The molecule has 0 aliphatic heterocycles. The molecule has 0 spiro atoms. The third-order valence-electron chi connectivity index (χ3n) is 7.25. The van der Waals surface area contributed by atoms with Crippen LogP contribution in [0, 0.1) is 17.3 Å². The van der Waals surface area contributed by atoms with Crippen molar-refractivity contribution in [2.75, 3.05) is 6.61 Å². The molecule has 2 fully saturated rings. The molecule has 0 saturated heterocycles. The number of benzene rings is 1. The second kappa shape index (κ2) is 8.17. The molecule has 1 aromatic carbocycles. The smallest absolute Gasteiger partial charge is 0.361 e. The Morgan fingerprint density at radius 1 is 1.19 bits per heavy atom. The molecule has 3 aliphatic rings. The van der Waals surface area contributed by atoms with Gasteiger partial charge in [0.05, 0.1) is 5.56 Å². The Balaban J connectivity index is 1.61. The van der Waals surface area contributed by atoms with Crippen LogP contribution in [0.15, 0.2) is 12.1 Å². The van der Waals surface area contributed by atoms with Gasteiger partial charge in [0.25, 0.3) is 0 Å². The van der Waals surface area contributed by atoms with Gasteiger partial charge in [-0.3, -0.25) is 9.59 Å². The van der Waals surface area contributed by atoms with E-state index in [-0.39, 0.29) is 22.6 Å². The van der Waals surface area contributed by atoms with Crippen molar-refractivity contribution in [1.29, 1.82) is 0 Å². The normalized spacial score (nSPS) is 30.3. The molecule has 31 heavy (non-hydrogen) atoms. The molecule has 170 valence electrons. The van der Waals surface area contributed by atoms with E-state index in [1.807, 2.05) is 0 Å². The third-order valence-corrected chi connectivity index (χ3v) is 8.37. The van der Waals surface area contributed by atoms with Gasteiger partial charge in [-0.05, 0) is 73.1 Å². The molecule has 0 radical (unpaired) electrons. The molecule has 4 rings (SSSR count). The zero-order chi connectivity index (χ0) is 22.6. The first-order valence-electron chi connectivity index (χ1n) is 10.2. The van der Waals surface area contributed by atoms with E-state index in [1.54, 1.807) is 12.1 Å². The lowest BCUT2D eigenvalue weighted by atomic mass is 9.55. The summed E-state index contributed by atoms with van der Waals surface area (Å²) in [5.41, 5.74) is 1.89. The van der Waals surface area contributed by atoms with E-state index in [0.717, 1.165) is 43.2 Å². The van der Waals surface area contributed by atoms with Crippen molar-refractivity contribution < 1.29 is 26.4 Å². The first kappa shape index (κ1) is 23.3. The molecule has 0 N–H and O–H groups in total. The van der Waals surface area contributed by atoms with Gasteiger partial charge in [-0.2, -0.15) is 8.42 Å². The summed E-state index contributed by atoms with van der Waals surface area (Å²) in [5, 5.41) is 0. The molecule has 0 amide bonds. The number of fused-ring (bicyclic) bond motifs is 5. The van der Waals surface area contributed by atoms with Crippen LogP contribution in [0.2, 0.25) is 0 Å². The van der Waals surface area contributed by atoms with Crippen LogP contribution in [0.5, 0.6) is 5.75 Å². The quantitative estimate of drug-likeness (QED) is 0.413. The molecule has 10 heteroatoms. The fourth-order valence-electron chi connectivity index (χ4n) is 5.82. The number of hydrogen-bond donors (Lipinski definition) is 0. The molecular formula is C21H23Cl3O6S. The summed E-state index contributed by atoms with van der Waals surface area (Å²) in [6, 6.07) is 3.32. The van der Waals surface area contributed by atoms with Gasteiger partial charge >= 0.3 is 10.4 Å². The maximum Gasteiger partial charge on any atom is 0.449 e. The second-order valence-corrected chi connectivity index (χ2v) is 12.6. The Morgan fingerprint density at radius 2 is 1.94 bits per heavy atom. The van der Waals surface area contributed by atoms with E-state index in [1.165, 1.54) is 0 Å². The standard InChI is InChI=1S/C21H23Cl3O6S/c1-20-7-6-14-15(17(20)4-5-19(20)26)3-2-12-9-18(13(10-25)8-16(12)14)30-31(27,28)29-11-21(22,23)24/h8-10,14-15,17H,2-7,11H2,1H3/t14-,15+,17-,20-/m0/s1. The predicted molar refractivity (Wildman–Crippen MR) is 117 cm³/mol. The summed E-state index contributed by atoms with van der Waals surface area (Å²) < 4.78 is 32.0. The zero-order valence-electron chi connectivity index (χ0n) is 16.9. The molecular weight excluding hydrogens is 487 g/mol. The lowest BCUT2D eigenvalue weighted by molar-refractivity contribution is -0.129. The highest BCUT2D eigenvalue weighted by Gasteiger charge is 2.54. The Hall–Kier alpha value is -0.860. The molecule has 3 aliphatic carbocycles. The van der Waals surface area contributed by atoms with E-state index in [4.69, 9.17) is 39.0 Å². The van der Waals surface area contributed by atoms with Crippen molar-refractivity contribution in [1.82, 2.24) is 0 Å². The lowest BCUT2D eigenvalue weighted by Crippen LogP contribution is -2.42.